The van der Waals surface area contributed by atoms with Crippen molar-refractivity contribution in [3.8, 4) is 0 Å². The van der Waals surface area contributed by atoms with Crippen LogP contribution in [0.3, 0.4) is 0 Å². The maximum Gasteiger partial charge on any atom is 0.279 e. The third-order valence-corrected chi connectivity index (χ3v) is 6.76. The Bertz CT molecular complexity index is 768. The summed E-state index contributed by atoms with van der Waals surface area (Å²) in [5.74, 6) is 0.881. The first-order chi connectivity index (χ1) is 11.6. The molecule has 24 heavy (non-hydrogen) atoms. The first-order valence-corrected chi connectivity index (χ1v) is 10.3. The molecule has 1 saturated carbocycles. The van der Waals surface area contributed by atoms with Gasteiger partial charge in [0.1, 0.15) is 6.04 Å². The molecule has 2 aliphatic rings. The summed E-state index contributed by atoms with van der Waals surface area (Å²) in [6, 6.07) is 8.84. The zero-order valence-corrected chi connectivity index (χ0v) is 16.2. The lowest BCUT2D eigenvalue weighted by Gasteiger charge is -2.32. The number of quaternary nitrogens is 1. The smallest absolute Gasteiger partial charge is 0.279 e. The average molecular weight is 406 g/mol. The van der Waals surface area contributed by atoms with Gasteiger partial charge in [0.15, 0.2) is 6.54 Å². The fraction of sp³-hybridized carbons (Fsp3) is 0.421. The quantitative estimate of drug-likeness (QED) is 0.803. The van der Waals surface area contributed by atoms with Crippen LogP contribution in [0.4, 0.5) is 5.69 Å². The first-order valence-electron chi connectivity index (χ1n) is 8.58. The summed E-state index contributed by atoms with van der Waals surface area (Å²) in [6.45, 7) is 3.67. The Morgan fingerprint density at radius 1 is 1.38 bits per heavy atom. The predicted octanol–water partition coefficient (Wildman–Crippen LogP) is 3.35. The van der Waals surface area contributed by atoms with E-state index in [0.717, 1.165) is 29.0 Å². The van der Waals surface area contributed by atoms with Crippen molar-refractivity contribution in [1.82, 2.24) is 0 Å². The van der Waals surface area contributed by atoms with Crippen LogP contribution >= 0.6 is 27.3 Å². The SMILES string of the molecule is Cc1ccc(NC(=O)C[NH+]2CCc3sccc3[C@@H]2C2CC2)c(Br)c1. The van der Waals surface area contributed by atoms with Gasteiger partial charge in [-0.25, -0.2) is 0 Å². The average Bonchev–Trinajstić information content (AvgIpc) is 3.26. The Balaban J connectivity index is 1.47. The number of hydrogen-bond donors (Lipinski definition) is 2. The number of halogens is 1. The number of benzene rings is 1. The van der Waals surface area contributed by atoms with Gasteiger partial charge in [0.25, 0.3) is 5.91 Å². The van der Waals surface area contributed by atoms with Crippen LogP contribution in [0.15, 0.2) is 34.1 Å². The van der Waals surface area contributed by atoms with Crippen molar-refractivity contribution in [2.24, 2.45) is 5.92 Å². The van der Waals surface area contributed by atoms with Gasteiger partial charge in [-0.15, -0.1) is 11.3 Å². The highest BCUT2D eigenvalue weighted by molar-refractivity contribution is 9.10. The van der Waals surface area contributed by atoms with Gasteiger partial charge in [-0.1, -0.05) is 6.07 Å². The third-order valence-electron chi connectivity index (χ3n) is 5.11. The minimum atomic E-state index is 0.110. The maximum absolute atomic E-state index is 12.6. The molecular weight excluding hydrogens is 384 g/mol. The lowest BCUT2D eigenvalue weighted by Crippen LogP contribution is -3.14. The number of carbonyl (C=O) groups excluding carboxylic acids is 1. The molecule has 2 aromatic rings. The minimum Gasteiger partial charge on any atom is -0.320 e. The van der Waals surface area contributed by atoms with E-state index in [1.54, 1.807) is 0 Å². The second-order valence-corrected chi connectivity index (χ2v) is 8.84. The number of nitrogens with one attached hydrogen (secondary N) is 2. The van der Waals surface area contributed by atoms with E-state index in [0.29, 0.717) is 12.6 Å². The molecule has 1 aliphatic heterocycles. The van der Waals surface area contributed by atoms with Crippen molar-refractivity contribution in [1.29, 1.82) is 0 Å². The highest BCUT2D eigenvalue weighted by atomic mass is 79.9. The number of thiophene rings is 1. The number of anilines is 1. The number of carbonyl (C=O) groups is 1. The third kappa shape index (κ3) is 3.30. The summed E-state index contributed by atoms with van der Waals surface area (Å²) in [5.41, 5.74) is 3.55. The predicted molar refractivity (Wildman–Crippen MR) is 102 cm³/mol. The molecule has 126 valence electrons. The Hall–Kier alpha value is -1.17. The van der Waals surface area contributed by atoms with Crippen LogP contribution < -0.4 is 10.2 Å². The molecule has 0 saturated heterocycles. The Kier molecular flexibility index (Phi) is 4.50. The van der Waals surface area contributed by atoms with Crippen LogP contribution in [0.1, 0.15) is 34.9 Å². The molecular formula is C19H22BrN2OS+. The van der Waals surface area contributed by atoms with Gasteiger partial charge in [-0.2, -0.15) is 0 Å². The fourth-order valence-electron chi connectivity index (χ4n) is 3.82. The molecule has 0 spiro atoms. The van der Waals surface area contributed by atoms with Crippen LogP contribution in [0.5, 0.6) is 0 Å². The van der Waals surface area contributed by atoms with E-state index in [4.69, 9.17) is 0 Å². The van der Waals surface area contributed by atoms with Gasteiger partial charge in [0, 0.05) is 27.3 Å². The van der Waals surface area contributed by atoms with Crippen molar-refractivity contribution in [3.63, 3.8) is 0 Å². The van der Waals surface area contributed by atoms with Gasteiger partial charge >= 0.3 is 0 Å². The molecule has 3 nitrogen and oxygen atoms in total. The van der Waals surface area contributed by atoms with E-state index >= 15 is 0 Å². The fourth-order valence-corrected chi connectivity index (χ4v) is 5.34. The van der Waals surface area contributed by atoms with Gasteiger partial charge in [-0.3, -0.25) is 4.79 Å². The first kappa shape index (κ1) is 16.3. The summed E-state index contributed by atoms with van der Waals surface area (Å²) in [4.78, 5) is 15.6. The molecule has 2 atom stereocenters. The minimum absolute atomic E-state index is 0.110. The molecule has 2 heterocycles. The van der Waals surface area contributed by atoms with E-state index in [9.17, 15) is 4.79 Å². The number of hydrogen-bond acceptors (Lipinski definition) is 2. The van der Waals surface area contributed by atoms with E-state index in [1.165, 1.54) is 33.7 Å². The summed E-state index contributed by atoms with van der Waals surface area (Å²) in [6.07, 6.45) is 3.73. The normalized spacial score (nSPS) is 22.9. The van der Waals surface area contributed by atoms with E-state index in [-0.39, 0.29) is 5.91 Å². The van der Waals surface area contributed by atoms with Crippen LogP contribution in [-0.4, -0.2) is 19.0 Å². The van der Waals surface area contributed by atoms with Gasteiger partial charge in [0.05, 0.1) is 12.2 Å². The van der Waals surface area contributed by atoms with Crippen LogP contribution in [0, 0.1) is 12.8 Å². The second-order valence-electron chi connectivity index (χ2n) is 6.98. The molecule has 1 aromatic carbocycles. The molecule has 1 aliphatic carbocycles. The molecule has 0 bridgehead atoms. The summed E-state index contributed by atoms with van der Waals surface area (Å²) in [5, 5.41) is 5.29. The molecule has 2 N–H and O–H groups in total. The van der Waals surface area contributed by atoms with Crippen molar-refractivity contribution < 1.29 is 9.69 Å². The molecule has 4 rings (SSSR count). The van der Waals surface area contributed by atoms with E-state index in [2.05, 4.69) is 32.7 Å². The van der Waals surface area contributed by atoms with Gasteiger partial charge < -0.3 is 10.2 Å². The lowest BCUT2D eigenvalue weighted by molar-refractivity contribution is -0.928. The van der Waals surface area contributed by atoms with Gasteiger partial charge in [-0.05, 0) is 64.8 Å². The van der Waals surface area contributed by atoms with Crippen molar-refractivity contribution >= 4 is 38.9 Å². The molecule has 1 aromatic heterocycles. The molecule has 1 unspecified atom stereocenters. The number of rotatable bonds is 4. The second kappa shape index (κ2) is 6.62. The Labute approximate surface area is 155 Å². The number of fused-ring (bicyclic) bond motifs is 1. The Morgan fingerprint density at radius 3 is 2.96 bits per heavy atom. The lowest BCUT2D eigenvalue weighted by atomic mass is 9.96. The van der Waals surface area contributed by atoms with E-state index < -0.39 is 0 Å². The maximum atomic E-state index is 12.6. The highest BCUT2D eigenvalue weighted by Gasteiger charge is 2.43. The molecule has 0 radical (unpaired) electrons. The number of amides is 1. The number of aryl methyl sites for hydroxylation is 1. The Morgan fingerprint density at radius 2 is 2.21 bits per heavy atom. The van der Waals surface area contributed by atoms with Crippen LogP contribution in [0.2, 0.25) is 0 Å². The zero-order valence-electron chi connectivity index (χ0n) is 13.8. The monoisotopic (exact) mass is 405 g/mol. The summed E-state index contributed by atoms with van der Waals surface area (Å²) in [7, 11) is 0. The van der Waals surface area contributed by atoms with Crippen LogP contribution in [-0.2, 0) is 11.2 Å². The molecule has 1 amide bonds. The van der Waals surface area contributed by atoms with Crippen molar-refractivity contribution in [2.45, 2.75) is 32.2 Å². The summed E-state index contributed by atoms with van der Waals surface area (Å²) >= 11 is 5.42. The van der Waals surface area contributed by atoms with E-state index in [1.807, 2.05) is 36.5 Å². The molecule has 5 heteroatoms. The standard InChI is InChI=1S/C19H21BrN2OS/c1-12-2-5-16(15(20)10-12)21-18(23)11-22-8-6-17-14(7-9-24-17)19(22)13-3-4-13/h2,5,7,9-10,13,19H,3-4,6,8,11H2,1H3,(H,21,23)/p+1/t19-/m0/s1. The largest absolute Gasteiger partial charge is 0.320 e. The molecule has 1 fully saturated rings. The van der Waals surface area contributed by atoms with Gasteiger partial charge in [0.2, 0.25) is 0 Å². The van der Waals surface area contributed by atoms with Crippen LogP contribution in [0.25, 0.3) is 0 Å². The highest BCUT2D eigenvalue weighted by Crippen LogP contribution is 2.42. The summed E-state index contributed by atoms with van der Waals surface area (Å²) < 4.78 is 0.948. The zero-order chi connectivity index (χ0) is 16.7. The van der Waals surface area contributed by atoms with Crippen molar-refractivity contribution in [3.05, 3.63) is 50.1 Å². The van der Waals surface area contributed by atoms with Crippen molar-refractivity contribution in [2.75, 3.05) is 18.4 Å². The topological polar surface area (TPSA) is 33.5 Å².